The molecule has 0 aromatic heterocycles. The lowest BCUT2D eigenvalue weighted by Crippen LogP contribution is -2.03. The standard InChI is InChI=1S/C9H9ClFNO/c1-6-4-7(10)9(5-8(6)11)12-2-3-13/h3-5,12H,2H2,1H3. The molecule has 0 radical (unpaired) electrons. The molecule has 0 bridgehead atoms. The van der Waals surface area contributed by atoms with Crippen molar-refractivity contribution in [1.29, 1.82) is 0 Å². The van der Waals surface area contributed by atoms with Crippen molar-refractivity contribution < 1.29 is 9.18 Å². The summed E-state index contributed by atoms with van der Waals surface area (Å²) in [5, 5.41) is 3.11. The Hall–Kier alpha value is -1.09. The molecule has 0 heterocycles. The zero-order valence-electron chi connectivity index (χ0n) is 7.10. The smallest absolute Gasteiger partial charge is 0.139 e. The fraction of sp³-hybridized carbons (Fsp3) is 0.222. The molecule has 1 aromatic rings. The highest BCUT2D eigenvalue weighted by Crippen LogP contribution is 2.24. The van der Waals surface area contributed by atoms with Crippen LogP contribution in [0.15, 0.2) is 12.1 Å². The number of aldehydes is 1. The highest BCUT2D eigenvalue weighted by Gasteiger charge is 2.04. The van der Waals surface area contributed by atoms with E-state index < -0.39 is 0 Å². The molecule has 0 amide bonds. The fourth-order valence-electron chi connectivity index (χ4n) is 0.933. The summed E-state index contributed by atoms with van der Waals surface area (Å²) in [4.78, 5) is 10.0. The number of aryl methyl sites for hydroxylation is 1. The zero-order valence-corrected chi connectivity index (χ0v) is 7.86. The predicted octanol–water partition coefficient (Wildman–Crippen LogP) is 2.40. The van der Waals surface area contributed by atoms with Gasteiger partial charge in [-0.05, 0) is 24.6 Å². The summed E-state index contributed by atoms with van der Waals surface area (Å²) < 4.78 is 13.0. The second-order valence-corrected chi connectivity index (χ2v) is 3.04. The van der Waals surface area contributed by atoms with Gasteiger partial charge in [0.2, 0.25) is 0 Å². The minimum Gasteiger partial charge on any atom is -0.377 e. The Morgan fingerprint density at radius 1 is 1.62 bits per heavy atom. The third-order valence-corrected chi connectivity index (χ3v) is 1.94. The van der Waals surface area contributed by atoms with Crippen LogP contribution in [0.3, 0.4) is 0 Å². The Morgan fingerprint density at radius 3 is 2.92 bits per heavy atom. The van der Waals surface area contributed by atoms with Gasteiger partial charge in [0.15, 0.2) is 0 Å². The number of nitrogens with one attached hydrogen (secondary N) is 1. The van der Waals surface area contributed by atoms with Crippen LogP contribution in [0, 0.1) is 12.7 Å². The number of hydrogen-bond acceptors (Lipinski definition) is 2. The van der Waals surface area contributed by atoms with Crippen molar-refractivity contribution in [3.63, 3.8) is 0 Å². The Morgan fingerprint density at radius 2 is 2.31 bits per heavy atom. The molecule has 0 fully saturated rings. The quantitative estimate of drug-likeness (QED) is 0.761. The summed E-state index contributed by atoms with van der Waals surface area (Å²) in [6.45, 7) is 1.76. The van der Waals surface area contributed by atoms with Crippen molar-refractivity contribution in [1.82, 2.24) is 0 Å². The molecule has 0 spiro atoms. The van der Waals surface area contributed by atoms with Gasteiger partial charge < -0.3 is 10.1 Å². The maximum absolute atomic E-state index is 13.0. The van der Waals surface area contributed by atoms with E-state index in [4.69, 9.17) is 11.6 Å². The Kier molecular flexibility index (Phi) is 3.25. The van der Waals surface area contributed by atoms with E-state index in [1.165, 1.54) is 12.1 Å². The number of anilines is 1. The van der Waals surface area contributed by atoms with Crippen LogP contribution >= 0.6 is 11.6 Å². The van der Waals surface area contributed by atoms with Crippen LogP contribution in [0.25, 0.3) is 0 Å². The molecule has 0 aliphatic heterocycles. The van der Waals surface area contributed by atoms with Crippen LogP contribution in [-0.4, -0.2) is 12.8 Å². The molecule has 13 heavy (non-hydrogen) atoms. The molecular weight excluding hydrogens is 193 g/mol. The number of hydrogen-bond donors (Lipinski definition) is 1. The van der Waals surface area contributed by atoms with Gasteiger partial charge in [-0.2, -0.15) is 0 Å². The first-order valence-corrected chi connectivity index (χ1v) is 4.16. The van der Waals surface area contributed by atoms with Crippen LogP contribution in [0.5, 0.6) is 0 Å². The summed E-state index contributed by atoms with van der Waals surface area (Å²) in [7, 11) is 0. The fourth-order valence-corrected chi connectivity index (χ4v) is 1.22. The number of rotatable bonds is 3. The molecule has 0 atom stereocenters. The average Bonchev–Trinajstić information content (AvgIpc) is 2.09. The molecule has 0 saturated heterocycles. The van der Waals surface area contributed by atoms with Crippen LogP contribution in [0.4, 0.5) is 10.1 Å². The Labute approximate surface area is 80.7 Å². The maximum atomic E-state index is 13.0. The first kappa shape index (κ1) is 9.99. The normalized spacial score (nSPS) is 9.77. The first-order chi connectivity index (χ1) is 6.15. The zero-order chi connectivity index (χ0) is 9.84. The minimum atomic E-state index is -0.335. The van der Waals surface area contributed by atoms with E-state index in [1.807, 2.05) is 0 Å². The van der Waals surface area contributed by atoms with Crippen LogP contribution in [0.1, 0.15) is 5.56 Å². The number of halogens is 2. The number of carbonyl (C=O) groups excluding carboxylic acids is 1. The van der Waals surface area contributed by atoms with Crippen LogP contribution < -0.4 is 5.32 Å². The molecule has 0 unspecified atom stereocenters. The van der Waals surface area contributed by atoms with Crippen molar-refractivity contribution in [2.75, 3.05) is 11.9 Å². The SMILES string of the molecule is Cc1cc(Cl)c(NCC=O)cc1F. The predicted molar refractivity (Wildman–Crippen MR) is 50.7 cm³/mol. The van der Waals surface area contributed by atoms with Crippen molar-refractivity contribution in [3.8, 4) is 0 Å². The molecule has 0 saturated carbocycles. The van der Waals surface area contributed by atoms with Crippen molar-refractivity contribution >= 4 is 23.6 Å². The highest BCUT2D eigenvalue weighted by atomic mass is 35.5. The van der Waals surface area contributed by atoms with Gasteiger partial charge in [-0.25, -0.2) is 4.39 Å². The molecule has 2 nitrogen and oxygen atoms in total. The maximum Gasteiger partial charge on any atom is 0.139 e. The largest absolute Gasteiger partial charge is 0.377 e. The topological polar surface area (TPSA) is 29.1 Å². The lowest BCUT2D eigenvalue weighted by Gasteiger charge is -2.06. The van der Waals surface area contributed by atoms with E-state index in [-0.39, 0.29) is 12.4 Å². The summed E-state index contributed by atoms with van der Waals surface area (Å²) in [5.74, 6) is -0.335. The van der Waals surface area contributed by atoms with E-state index in [0.29, 0.717) is 22.6 Å². The molecule has 0 aliphatic rings. The van der Waals surface area contributed by atoms with E-state index in [9.17, 15) is 9.18 Å². The summed E-state index contributed by atoms with van der Waals surface area (Å²) >= 11 is 5.79. The van der Waals surface area contributed by atoms with Gasteiger partial charge in [-0.1, -0.05) is 11.6 Å². The van der Waals surface area contributed by atoms with Crippen molar-refractivity contribution in [3.05, 3.63) is 28.5 Å². The summed E-state index contributed by atoms with van der Waals surface area (Å²) in [6.07, 6.45) is 0.689. The Bertz CT molecular complexity index is 328. The van der Waals surface area contributed by atoms with Gasteiger partial charge in [0.05, 0.1) is 17.3 Å². The monoisotopic (exact) mass is 201 g/mol. The third-order valence-electron chi connectivity index (χ3n) is 1.62. The molecule has 1 aromatic carbocycles. The van der Waals surface area contributed by atoms with Gasteiger partial charge >= 0.3 is 0 Å². The third kappa shape index (κ3) is 2.42. The molecule has 0 aliphatic carbocycles. The number of benzene rings is 1. The average molecular weight is 202 g/mol. The number of carbonyl (C=O) groups is 1. The lowest BCUT2D eigenvalue weighted by molar-refractivity contribution is -0.106. The van der Waals surface area contributed by atoms with Gasteiger partial charge in [0, 0.05) is 0 Å². The van der Waals surface area contributed by atoms with Crippen LogP contribution in [-0.2, 0) is 4.79 Å². The van der Waals surface area contributed by atoms with Crippen LogP contribution in [0.2, 0.25) is 5.02 Å². The molecule has 70 valence electrons. The minimum absolute atomic E-state index is 0.127. The second kappa shape index (κ2) is 4.23. The van der Waals surface area contributed by atoms with Gasteiger partial charge in [0.25, 0.3) is 0 Å². The van der Waals surface area contributed by atoms with E-state index in [2.05, 4.69) is 5.32 Å². The molecular formula is C9H9ClFNO. The lowest BCUT2D eigenvalue weighted by atomic mass is 10.2. The second-order valence-electron chi connectivity index (χ2n) is 2.63. The van der Waals surface area contributed by atoms with E-state index in [1.54, 1.807) is 6.92 Å². The molecule has 1 N–H and O–H groups in total. The first-order valence-electron chi connectivity index (χ1n) is 3.78. The van der Waals surface area contributed by atoms with Gasteiger partial charge in [-0.3, -0.25) is 0 Å². The van der Waals surface area contributed by atoms with E-state index >= 15 is 0 Å². The van der Waals surface area contributed by atoms with Gasteiger partial charge in [0.1, 0.15) is 12.1 Å². The highest BCUT2D eigenvalue weighted by molar-refractivity contribution is 6.33. The van der Waals surface area contributed by atoms with Crippen molar-refractivity contribution in [2.45, 2.75) is 6.92 Å². The van der Waals surface area contributed by atoms with Crippen molar-refractivity contribution in [2.24, 2.45) is 0 Å². The van der Waals surface area contributed by atoms with E-state index in [0.717, 1.165) is 0 Å². The molecule has 1 rings (SSSR count). The van der Waals surface area contributed by atoms with Gasteiger partial charge in [-0.15, -0.1) is 0 Å². The molecule has 4 heteroatoms. The summed E-state index contributed by atoms with van der Waals surface area (Å²) in [6, 6.07) is 2.80. The Balaban J connectivity index is 2.94. The summed E-state index contributed by atoms with van der Waals surface area (Å²) in [5.41, 5.74) is 0.929.